The van der Waals surface area contributed by atoms with Gasteiger partial charge in [-0.25, -0.2) is 0 Å². The van der Waals surface area contributed by atoms with Crippen LogP contribution in [0.25, 0.3) is 0 Å². The minimum absolute atomic E-state index is 0.165. The van der Waals surface area contributed by atoms with Crippen LogP contribution in [0, 0.1) is 0 Å². The monoisotopic (exact) mass is 222 g/mol. The van der Waals surface area contributed by atoms with Gasteiger partial charge in [-0.1, -0.05) is 0 Å². The highest BCUT2D eigenvalue weighted by Gasteiger charge is 2.15. The molecule has 0 aliphatic carbocycles. The van der Waals surface area contributed by atoms with Crippen molar-refractivity contribution in [3.05, 3.63) is 17.1 Å². The highest BCUT2D eigenvalue weighted by atomic mass is 32.1. The average molecular weight is 222 g/mol. The zero-order valence-corrected chi connectivity index (χ0v) is 8.09. The predicted octanol–water partition coefficient (Wildman–Crippen LogP) is 0.00810. The van der Waals surface area contributed by atoms with Gasteiger partial charge in [0, 0.05) is 5.38 Å². The summed E-state index contributed by atoms with van der Waals surface area (Å²) >= 11 is 1.10. The first-order valence-electron chi connectivity index (χ1n) is 3.22. The van der Waals surface area contributed by atoms with Gasteiger partial charge in [0.05, 0.1) is 0 Å². The minimum Gasteiger partial charge on any atom is -0.339 e. The summed E-state index contributed by atoms with van der Waals surface area (Å²) in [7, 11) is -4.18. The van der Waals surface area contributed by atoms with Crippen molar-refractivity contribution in [3.63, 3.8) is 0 Å². The molecule has 0 aliphatic heterocycles. The van der Waals surface area contributed by atoms with Crippen molar-refractivity contribution in [2.75, 3.05) is 6.29 Å². The van der Waals surface area contributed by atoms with E-state index in [4.69, 9.17) is 9.79 Å². The second kappa shape index (κ2) is 3.97. The summed E-state index contributed by atoms with van der Waals surface area (Å²) in [5.74, 6) is -0.579. The van der Waals surface area contributed by atoms with Gasteiger partial charge < -0.3 is 15.1 Å². The highest BCUT2D eigenvalue weighted by Crippen LogP contribution is 2.31. The molecule has 8 heteroatoms. The van der Waals surface area contributed by atoms with Crippen LogP contribution in [0.5, 0.6) is 0 Å². The molecule has 1 aromatic rings. The Morgan fingerprint density at radius 2 is 2.38 bits per heavy atom. The van der Waals surface area contributed by atoms with Crippen molar-refractivity contribution in [1.82, 2.24) is 9.69 Å². The van der Waals surface area contributed by atoms with Gasteiger partial charge in [0.15, 0.2) is 0 Å². The summed E-state index contributed by atoms with van der Waals surface area (Å²) in [4.78, 5) is 27.9. The molecule has 1 amide bonds. The van der Waals surface area contributed by atoms with E-state index in [9.17, 15) is 9.36 Å². The normalized spacial score (nSPS) is 11.2. The number of aromatic nitrogens is 1. The molecular formula is C5H7N2O4PS. The molecule has 1 heterocycles. The third-order valence-electron chi connectivity index (χ3n) is 1.12. The second-order valence-corrected chi connectivity index (χ2v) is 4.52. The number of rotatable bonds is 3. The summed E-state index contributed by atoms with van der Waals surface area (Å²) in [5.41, 5.74) is 0.165. The second-order valence-electron chi connectivity index (χ2n) is 2.21. The molecule has 0 atom stereocenters. The van der Waals surface area contributed by atoms with Gasteiger partial charge in [-0.2, -0.15) is 4.37 Å². The fourth-order valence-electron chi connectivity index (χ4n) is 0.595. The van der Waals surface area contributed by atoms with Crippen molar-refractivity contribution < 1.29 is 19.1 Å². The molecular weight excluding hydrogens is 215 g/mol. The van der Waals surface area contributed by atoms with Gasteiger partial charge in [-0.05, 0) is 17.6 Å². The molecule has 6 nitrogen and oxygen atoms in total. The van der Waals surface area contributed by atoms with Crippen LogP contribution < -0.4 is 5.32 Å². The Kier molecular flexibility index (Phi) is 3.16. The number of hydrogen-bond donors (Lipinski definition) is 3. The van der Waals surface area contributed by atoms with Crippen LogP contribution in [-0.2, 0) is 4.57 Å². The van der Waals surface area contributed by atoms with Crippen molar-refractivity contribution in [2.24, 2.45) is 0 Å². The van der Waals surface area contributed by atoms with Gasteiger partial charge in [-0.15, -0.1) is 0 Å². The number of carbonyl (C=O) groups excluding carboxylic acids is 1. The lowest BCUT2D eigenvalue weighted by Gasteiger charge is -2.03. The van der Waals surface area contributed by atoms with E-state index in [1.54, 1.807) is 5.38 Å². The molecule has 1 aromatic heterocycles. The zero-order chi connectivity index (χ0) is 9.90. The third-order valence-corrected chi connectivity index (χ3v) is 2.25. The summed E-state index contributed by atoms with van der Waals surface area (Å²) in [5, 5.41) is 3.67. The molecule has 0 radical (unpaired) electrons. The minimum atomic E-state index is -4.18. The van der Waals surface area contributed by atoms with Crippen LogP contribution in [0.15, 0.2) is 11.4 Å². The lowest BCUT2D eigenvalue weighted by Crippen LogP contribution is -2.24. The number of carbonyl (C=O) groups is 1. The van der Waals surface area contributed by atoms with E-state index in [2.05, 4.69) is 9.69 Å². The molecule has 0 saturated carbocycles. The van der Waals surface area contributed by atoms with Crippen LogP contribution in [0.3, 0.4) is 0 Å². The lowest BCUT2D eigenvalue weighted by molar-refractivity contribution is 0.0953. The van der Waals surface area contributed by atoms with Crippen LogP contribution in [0.1, 0.15) is 10.5 Å². The Morgan fingerprint density at radius 1 is 1.69 bits per heavy atom. The van der Waals surface area contributed by atoms with E-state index in [0.717, 1.165) is 11.5 Å². The van der Waals surface area contributed by atoms with Crippen molar-refractivity contribution >= 4 is 25.0 Å². The summed E-state index contributed by atoms with van der Waals surface area (Å²) in [6, 6.07) is 1.47. The number of nitrogens with one attached hydrogen (secondary N) is 1. The van der Waals surface area contributed by atoms with Gasteiger partial charge in [-0.3, -0.25) is 9.36 Å². The average Bonchev–Trinajstić information content (AvgIpc) is 2.50. The van der Waals surface area contributed by atoms with E-state index >= 15 is 0 Å². The topological polar surface area (TPSA) is 99.5 Å². The molecule has 1 rings (SSSR count). The third kappa shape index (κ3) is 3.65. The van der Waals surface area contributed by atoms with Crippen molar-refractivity contribution in [1.29, 1.82) is 0 Å². The Hall–Kier alpha value is -0.750. The summed E-state index contributed by atoms with van der Waals surface area (Å²) < 4.78 is 14.1. The molecule has 0 spiro atoms. The predicted molar refractivity (Wildman–Crippen MR) is 46.5 cm³/mol. The van der Waals surface area contributed by atoms with E-state index < -0.39 is 19.8 Å². The lowest BCUT2D eigenvalue weighted by atomic mass is 10.4. The van der Waals surface area contributed by atoms with Crippen LogP contribution in [-0.4, -0.2) is 26.4 Å². The molecule has 72 valence electrons. The zero-order valence-electron chi connectivity index (χ0n) is 6.38. The van der Waals surface area contributed by atoms with E-state index in [1.807, 2.05) is 0 Å². The van der Waals surface area contributed by atoms with Gasteiger partial charge in [0.2, 0.25) is 0 Å². The van der Waals surface area contributed by atoms with Crippen LogP contribution >= 0.6 is 19.1 Å². The Morgan fingerprint density at radius 3 is 2.85 bits per heavy atom. The molecule has 0 bridgehead atoms. The van der Waals surface area contributed by atoms with Crippen molar-refractivity contribution in [2.45, 2.75) is 0 Å². The maximum atomic E-state index is 11.0. The molecule has 0 unspecified atom stereocenters. The number of hydrogen-bond acceptors (Lipinski definition) is 4. The largest absolute Gasteiger partial charge is 0.344 e. The van der Waals surface area contributed by atoms with E-state index in [1.165, 1.54) is 6.07 Å². The Labute approximate surface area is 77.9 Å². The Balaban J connectivity index is 2.49. The van der Waals surface area contributed by atoms with Gasteiger partial charge >= 0.3 is 7.60 Å². The smallest absolute Gasteiger partial charge is 0.339 e. The molecule has 0 aromatic carbocycles. The fourth-order valence-corrected chi connectivity index (χ4v) is 1.45. The first-order chi connectivity index (χ1) is 5.99. The molecule has 3 N–H and O–H groups in total. The molecule has 0 fully saturated rings. The van der Waals surface area contributed by atoms with Gasteiger partial charge in [0.1, 0.15) is 12.0 Å². The van der Waals surface area contributed by atoms with Crippen LogP contribution in [0.2, 0.25) is 0 Å². The summed E-state index contributed by atoms with van der Waals surface area (Å²) in [6.07, 6.45) is -0.663. The van der Waals surface area contributed by atoms with E-state index in [-0.39, 0.29) is 5.69 Å². The van der Waals surface area contributed by atoms with Gasteiger partial charge in [0.25, 0.3) is 5.91 Å². The SMILES string of the molecule is O=C(NCP(=O)(O)O)c1ccsn1. The highest BCUT2D eigenvalue weighted by molar-refractivity contribution is 7.51. The number of amides is 1. The summed E-state index contributed by atoms with van der Waals surface area (Å²) in [6.45, 7) is 0. The molecule has 0 saturated heterocycles. The number of nitrogens with zero attached hydrogens (tertiary/aromatic N) is 1. The maximum absolute atomic E-state index is 11.0. The maximum Gasteiger partial charge on any atom is 0.344 e. The molecule has 13 heavy (non-hydrogen) atoms. The first kappa shape index (κ1) is 10.3. The molecule has 0 aliphatic rings. The quantitative estimate of drug-likeness (QED) is 0.625. The van der Waals surface area contributed by atoms with E-state index in [0.29, 0.717) is 0 Å². The Bertz CT molecular complexity index is 332. The van der Waals surface area contributed by atoms with Crippen molar-refractivity contribution in [3.8, 4) is 0 Å². The fraction of sp³-hybridized carbons (Fsp3) is 0.200. The first-order valence-corrected chi connectivity index (χ1v) is 5.85. The van der Waals surface area contributed by atoms with Crippen LogP contribution in [0.4, 0.5) is 0 Å². The standard InChI is InChI=1S/C5H7N2O4PS/c8-5(4-1-2-13-7-4)6-3-12(9,10)11/h1-2H,3H2,(H,6,8)(H2,9,10,11).